The highest BCUT2D eigenvalue weighted by Crippen LogP contribution is 2.37. The number of carbonyl (C=O) groups is 2. The number of anilines is 2. The summed E-state index contributed by atoms with van der Waals surface area (Å²) in [5.41, 5.74) is 3.30. The first-order valence-corrected chi connectivity index (χ1v) is 10.4. The molecule has 2 amide bonds. The average Bonchev–Trinajstić information content (AvgIpc) is 3.05. The van der Waals surface area contributed by atoms with Crippen LogP contribution in [0.1, 0.15) is 18.1 Å². The van der Waals surface area contributed by atoms with Gasteiger partial charge in [0.15, 0.2) is 0 Å². The van der Waals surface area contributed by atoms with Gasteiger partial charge in [0, 0.05) is 11.3 Å². The Morgan fingerprint density at radius 1 is 0.875 bits per heavy atom. The standard InChI is InChI=1S/C26H24N2O4/c1-4-32-20-15-13-19(14-16-20)28-25(29)23(21-7-5-6-8-22(21)31-3)24(26(28)30)27-18-11-9-17(2)10-12-18/h5-16,27H,4H2,1-3H3. The summed E-state index contributed by atoms with van der Waals surface area (Å²) in [5.74, 6) is 0.338. The maximum absolute atomic E-state index is 13.6. The Hall–Kier alpha value is -4.06. The van der Waals surface area contributed by atoms with E-state index in [1.54, 1.807) is 36.4 Å². The number of aryl methyl sites for hydroxylation is 1. The van der Waals surface area contributed by atoms with Crippen LogP contribution in [0.2, 0.25) is 0 Å². The predicted octanol–water partition coefficient (Wildman–Crippen LogP) is 4.80. The molecule has 0 bridgehead atoms. The Labute approximate surface area is 187 Å². The fourth-order valence-corrected chi connectivity index (χ4v) is 3.62. The van der Waals surface area contributed by atoms with Gasteiger partial charge in [-0.15, -0.1) is 0 Å². The van der Waals surface area contributed by atoms with Crippen molar-refractivity contribution in [1.82, 2.24) is 0 Å². The van der Waals surface area contributed by atoms with Crippen LogP contribution >= 0.6 is 0 Å². The highest BCUT2D eigenvalue weighted by Gasteiger charge is 2.41. The van der Waals surface area contributed by atoms with Crippen molar-refractivity contribution in [2.24, 2.45) is 0 Å². The molecule has 162 valence electrons. The average molecular weight is 428 g/mol. The number of nitrogens with zero attached hydrogens (tertiary/aromatic N) is 1. The quantitative estimate of drug-likeness (QED) is 0.548. The van der Waals surface area contributed by atoms with Gasteiger partial charge in [-0.2, -0.15) is 0 Å². The molecule has 0 unspecified atom stereocenters. The smallest absolute Gasteiger partial charge is 0.282 e. The van der Waals surface area contributed by atoms with E-state index in [4.69, 9.17) is 9.47 Å². The van der Waals surface area contributed by atoms with Crippen LogP contribution in [0.3, 0.4) is 0 Å². The number of hydrogen-bond acceptors (Lipinski definition) is 5. The number of ether oxygens (including phenoxy) is 2. The van der Waals surface area contributed by atoms with Crippen molar-refractivity contribution in [3.63, 3.8) is 0 Å². The van der Waals surface area contributed by atoms with Crippen molar-refractivity contribution in [3.05, 3.63) is 89.6 Å². The molecule has 1 aliphatic rings. The van der Waals surface area contributed by atoms with E-state index in [0.29, 0.717) is 35.0 Å². The number of hydrogen-bond donors (Lipinski definition) is 1. The Balaban J connectivity index is 1.80. The number of benzene rings is 3. The van der Waals surface area contributed by atoms with Crippen LogP contribution in [0.15, 0.2) is 78.5 Å². The number of imide groups is 1. The molecule has 3 aromatic rings. The summed E-state index contributed by atoms with van der Waals surface area (Å²) < 4.78 is 11.0. The van der Waals surface area contributed by atoms with E-state index in [-0.39, 0.29) is 11.3 Å². The molecule has 6 nitrogen and oxygen atoms in total. The van der Waals surface area contributed by atoms with E-state index in [1.807, 2.05) is 50.2 Å². The zero-order valence-electron chi connectivity index (χ0n) is 18.2. The van der Waals surface area contributed by atoms with Gasteiger partial charge in [0.2, 0.25) is 0 Å². The first-order chi connectivity index (χ1) is 15.5. The fourth-order valence-electron chi connectivity index (χ4n) is 3.62. The normalized spacial score (nSPS) is 13.5. The van der Waals surface area contributed by atoms with E-state index >= 15 is 0 Å². The van der Waals surface area contributed by atoms with Crippen LogP contribution in [0.4, 0.5) is 11.4 Å². The van der Waals surface area contributed by atoms with E-state index in [9.17, 15) is 9.59 Å². The number of amides is 2. The van der Waals surface area contributed by atoms with Gasteiger partial charge < -0.3 is 14.8 Å². The zero-order valence-corrected chi connectivity index (χ0v) is 18.2. The number of nitrogens with one attached hydrogen (secondary N) is 1. The maximum atomic E-state index is 13.6. The number of rotatable bonds is 7. The lowest BCUT2D eigenvalue weighted by atomic mass is 10.0. The summed E-state index contributed by atoms with van der Waals surface area (Å²) in [6.07, 6.45) is 0. The second-order valence-corrected chi connectivity index (χ2v) is 7.31. The van der Waals surface area contributed by atoms with Crippen molar-refractivity contribution >= 4 is 28.8 Å². The van der Waals surface area contributed by atoms with Crippen molar-refractivity contribution in [2.75, 3.05) is 23.9 Å². The molecule has 32 heavy (non-hydrogen) atoms. The maximum Gasteiger partial charge on any atom is 0.282 e. The van der Waals surface area contributed by atoms with E-state index in [0.717, 1.165) is 5.56 Å². The first-order valence-electron chi connectivity index (χ1n) is 10.4. The Kier molecular flexibility index (Phi) is 5.94. The molecule has 0 aromatic heterocycles. The summed E-state index contributed by atoms with van der Waals surface area (Å²) >= 11 is 0. The molecular formula is C26H24N2O4. The SMILES string of the molecule is CCOc1ccc(N2C(=O)C(Nc3ccc(C)cc3)=C(c3ccccc3OC)C2=O)cc1. The number of methoxy groups -OCH3 is 1. The monoisotopic (exact) mass is 428 g/mol. The predicted molar refractivity (Wildman–Crippen MR) is 125 cm³/mol. The fraction of sp³-hybridized carbons (Fsp3) is 0.154. The lowest BCUT2D eigenvalue weighted by Gasteiger charge is -2.16. The third-order valence-electron chi connectivity index (χ3n) is 5.19. The molecule has 4 rings (SSSR count). The molecule has 0 spiro atoms. The minimum absolute atomic E-state index is 0.206. The lowest BCUT2D eigenvalue weighted by molar-refractivity contribution is -0.120. The Morgan fingerprint density at radius 3 is 2.22 bits per heavy atom. The second kappa shape index (κ2) is 8.98. The largest absolute Gasteiger partial charge is 0.496 e. The van der Waals surface area contributed by atoms with Gasteiger partial charge in [0.05, 0.1) is 25.0 Å². The molecular weight excluding hydrogens is 404 g/mol. The number of para-hydroxylation sites is 1. The molecule has 0 saturated heterocycles. The van der Waals surface area contributed by atoms with Gasteiger partial charge in [-0.25, -0.2) is 4.90 Å². The molecule has 1 N–H and O–H groups in total. The van der Waals surface area contributed by atoms with Crippen LogP contribution in [-0.2, 0) is 9.59 Å². The van der Waals surface area contributed by atoms with Crippen molar-refractivity contribution in [2.45, 2.75) is 13.8 Å². The Bertz CT molecular complexity index is 1180. The Morgan fingerprint density at radius 2 is 1.56 bits per heavy atom. The van der Waals surface area contributed by atoms with E-state index in [2.05, 4.69) is 5.32 Å². The topological polar surface area (TPSA) is 67.9 Å². The van der Waals surface area contributed by atoms with Crippen LogP contribution in [0.25, 0.3) is 5.57 Å². The van der Waals surface area contributed by atoms with Crippen LogP contribution < -0.4 is 19.7 Å². The summed E-state index contributed by atoms with van der Waals surface area (Å²) in [6, 6.07) is 21.7. The van der Waals surface area contributed by atoms with Gasteiger partial charge in [0.1, 0.15) is 17.2 Å². The first kappa shape index (κ1) is 21.2. The van der Waals surface area contributed by atoms with Crippen molar-refractivity contribution in [1.29, 1.82) is 0 Å². The molecule has 6 heteroatoms. The van der Waals surface area contributed by atoms with Gasteiger partial charge in [-0.05, 0) is 56.3 Å². The van der Waals surface area contributed by atoms with Gasteiger partial charge in [-0.3, -0.25) is 9.59 Å². The third-order valence-corrected chi connectivity index (χ3v) is 5.19. The minimum Gasteiger partial charge on any atom is -0.496 e. The molecule has 1 aliphatic heterocycles. The van der Waals surface area contributed by atoms with Crippen molar-refractivity contribution < 1.29 is 19.1 Å². The lowest BCUT2D eigenvalue weighted by Crippen LogP contribution is -2.32. The van der Waals surface area contributed by atoms with Crippen LogP contribution in [0, 0.1) is 6.92 Å². The molecule has 3 aromatic carbocycles. The molecule has 0 aliphatic carbocycles. The third kappa shape index (κ3) is 3.95. The minimum atomic E-state index is -0.430. The second-order valence-electron chi connectivity index (χ2n) is 7.31. The highest BCUT2D eigenvalue weighted by atomic mass is 16.5. The molecule has 1 heterocycles. The molecule has 0 fully saturated rings. The van der Waals surface area contributed by atoms with E-state index < -0.39 is 11.8 Å². The van der Waals surface area contributed by atoms with Crippen LogP contribution in [0.5, 0.6) is 11.5 Å². The van der Waals surface area contributed by atoms with Crippen LogP contribution in [-0.4, -0.2) is 25.5 Å². The summed E-state index contributed by atoms with van der Waals surface area (Å²) in [7, 11) is 1.54. The summed E-state index contributed by atoms with van der Waals surface area (Å²) in [4.78, 5) is 28.2. The van der Waals surface area contributed by atoms with Gasteiger partial charge >= 0.3 is 0 Å². The molecule has 0 atom stereocenters. The van der Waals surface area contributed by atoms with E-state index in [1.165, 1.54) is 12.0 Å². The summed E-state index contributed by atoms with van der Waals surface area (Å²) in [5, 5.41) is 3.17. The highest BCUT2D eigenvalue weighted by molar-refractivity contribution is 6.46. The summed E-state index contributed by atoms with van der Waals surface area (Å²) in [6.45, 7) is 4.42. The number of carbonyl (C=O) groups excluding carboxylic acids is 2. The molecule has 0 radical (unpaired) electrons. The zero-order chi connectivity index (χ0) is 22.7. The van der Waals surface area contributed by atoms with Crippen molar-refractivity contribution in [3.8, 4) is 11.5 Å². The molecule has 0 saturated carbocycles. The van der Waals surface area contributed by atoms with Gasteiger partial charge in [0.25, 0.3) is 11.8 Å². The van der Waals surface area contributed by atoms with Gasteiger partial charge in [-0.1, -0.05) is 35.9 Å².